The molecule has 3 aromatic carbocycles. The second-order valence-electron chi connectivity index (χ2n) is 6.08. The number of ether oxygens (including phenoxy) is 1. The van der Waals surface area contributed by atoms with E-state index in [1.165, 1.54) is 13.2 Å². The number of carbonyl (C=O) groups excluding carboxylic acids is 1. The zero-order chi connectivity index (χ0) is 17.8. The summed E-state index contributed by atoms with van der Waals surface area (Å²) in [5.41, 5.74) is 1.70. The first-order valence-corrected chi connectivity index (χ1v) is 8.11. The van der Waals surface area contributed by atoms with Crippen LogP contribution in [0.5, 0.6) is 5.75 Å². The standard InChI is InChI=1S/C21H20FNO2/c1-23(14-16-8-10-20(25-2)19(22)12-16)21(24)13-15-7-9-17-5-3-4-6-18(17)11-15/h3-12H,13-14H2,1-2H3. The normalized spacial score (nSPS) is 10.7. The minimum atomic E-state index is -0.421. The SMILES string of the molecule is COc1ccc(CN(C)C(=O)Cc2ccc3ccccc3c2)cc1F. The van der Waals surface area contributed by atoms with Crippen molar-refractivity contribution < 1.29 is 13.9 Å². The van der Waals surface area contributed by atoms with Gasteiger partial charge < -0.3 is 9.64 Å². The maximum Gasteiger partial charge on any atom is 0.227 e. The molecule has 0 saturated carbocycles. The number of hydrogen-bond donors (Lipinski definition) is 0. The van der Waals surface area contributed by atoms with Crippen LogP contribution in [0.3, 0.4) is 0 Å². The Bertz CT molecular complexity index is 907. The molecule has 0 N–H and O–H groups in total. The van der Waals surface area contributed by atoms with Crippen LogP contribution in [-0.2, 0) is 17.8 Å². The molecule has 3 aromatic rings. The van der Waals surface area contributed by atoms with Crippen molar-refractivity contribution in [2.24, 2.45) is 0 Å². The number of halogens is 1. The number of rotatable bonds is 5. The van der Waals surface area contributed by atoms with Crippen LogP contribution >= 0.6 is 0 Å². The average molecular weight is 337 g/mol. The van der Waals surface area contributed by atoms with Gasteiger partial charge in [-0.1, -0.05) is 48.5 Å². The number of amides is 1. The third kappa shape index (κ3) is 3.97. The molecule has 3 nitrogen and oxygen atoms in total. The van der Waals surface area contributed by atoms with Crippen LogP contribution in [0, 0.1) is 5.82 Å². The number of likely N-dealkylation sites (N-methyl/N-ethyl adjacent to an activating group) is 1. The predicted octanol–water partition coefficient (Wildman–Crippen LogP) is 4.19. The molecule has 0 aliphatic rings. The Hall–Kier alpha value is -2.88. The molecule has 0 unspecified atom stereocenters. The van der Waals surface area contributed by atoms with Crippen LogP contribution in [0.4, 0.5) is 4.39 Å². The third-order valence-electron chi connectivity index (χ3n) is 4.23. The Morgan fingerprint density at radius 3 is 2.44 bits per heavy atom. The van der Waals surface area contributed by atoms with E-state index in [4.69, 9.17) is 4.74 Å². The molecule has 0 radical (unpaired) electrons. The van der Waals surface area contributed by atoms with Gasteiger partial charge in [0.05, 0.1) is 13.5 Å². The lowest BCUT2D eigenvalue weighted by molar-refractivity contribution is -0.129. The molecule has 0 spiro atoms. The number of hydrogen-bond acceptors (Lipinski definition) is 2. The van der Waals surface area contributed by atoms with Crippen molar-refractivity contribution in [1.29, 1.82) is 0 Å². The van der Waals surface area contributed by atoms with Crippen molar-refractivity contribution in [1.82, 2.24) is 4.90 Å². The second kappa shape index (κ2) is 7.34. The Morgan fingerprint density at radius 2 is 1.72 bits per heavy atom. The Morgan fingerprint density at radius 1 is 1.00 bits per heavy atom. The molecule has 0 aromatic heterocycles. The van der Waals surface area contributed by atoms with E-state index < -0.39 is 5.82 Å². The van der Waals surface area contributed by atoms with E-state index in [9.17, 15) is 9.18 Å². The van der Waals surface area contributed by atoms with Crippen LogP contribution in [0.1, 0.15) is 11.1 Å². The fourth-order valence-corrected chi connectivity index (χ4v) is 2.83. The number of benzene rings is 3. The van der Waals surface area contributed by atoms with E-state index in [2.05, 4.69) is 0 Å². The van der Waals surface area contributed by atoms with Gasteiger partial charge in [0.25, 0.3) is 0 Å². The molecule has 25 heavy (non-hydrogen) atoms. The van der Waals surface area contributed by atoms with E-state index >= 15 is 0 Å². The molecule has 1 amide bonds. The number of fused-ring (bicyclic) bond motifs is 1. The highest BCUT2D eigenvalue weighted by atomic mass is 19.1. The van der Waals surface area contributed by atoms with E-state index in [1.807, 2.05) is 42.5 Å². The molecular weight excluding hydrogens is 317 g/mol. The van der Waals surface area contributed by atoms with Crippen LogP contribution < -0.4 is 4.74 Å². The minimum absolute atomic E-state index is 0.00786. The summed E-state index contributed by atoms with van der Waals surface area (Å²) in [6.45, 7) is 0.354. The molecule has 3 rings (SSSR count). The largest absolute Gasteiger partial charge is 0.494 e. The maximum atomic E-state index is 13.8. The minimum Gasteiger partial charge on any atom is -0.494 e. The highest BCUT2D eigenvalue weighted by Crippen LogP contribution is 2.19. The van der Waals surface area contributed by atoms with Gasteiger partial charge in [-0.15, -0.1) is 0 Å². The van der Waals surface area contributed by atoms with Crippen LogP contribution in [-0.4, -0.2) is 25.0 Å². The Labute approximate surface area is 146 Å². The van der Waals surface area contributed by atoms with Crippen LogP contribution in [0.25, 0.3) is 10.8 Å². The number of carbonyl (C=O) groups is 1. The summed E-state index contributed by atoms with van der Waals surface area (Å²) >= 11 is 0. The van der Waals surface area contributed by atoms with Crippen molar-refractivity contribution in [3.8, 4) is 5.75 Å². The van der Waals surface area contributed by atoms with E-state index in [0.29, 0.717) is 13.0 Å². The summed E-state index contributed by atoms with van der Waals surface area (Å²) in [4.78, 5) is 14.1. The van der Waals surface area contributed by atoms with Crippen LogP contribution in [0.15, 0.2) is 60.7 Å². The van der Waals surface area contributed by atoms with Gasteiger partial charge in [0, 0.05) is 13.6 Å². The van der Waals surface area contributed by atoms with Gasteiger partial charge in [-0.3, -0.25) is 4.79 Å². The summed E-state index contributed by atoms with van der Waals surface area (Å²) in [5, 5.41) is 2.27. The van der Waals surface area contributed by atoms with Crippen molar-refractivity contribution in [2.45, 2.75) is 13.0 Å². The zero-order valence-electron chi connectivity index (χ0n) is 14.3. The molecule has 128 valence electrons. The molecule has 0 aliphatic heterocycles. The lowest BCUT2D eigenvalue weighted by Crippen LogP contribution is -2.27. The van der Waals surface area contributed by atoms with Crippen molar-refractivity contribution in [2.75, 3.05) is 14.2 Å². The lowest BCUT2D eigenvalue weighted by Gasteiger charge is -2.18. The Balaban J connectivity index is 1.68. The van der Waals surface area contributed by atoms with Crippen LogP contribution in [0.2, 0.25) is 0 Å². The number of nitrogens with zero attached hydrogens (tertiary/aromatic N) is 1. The first-order chi connectivity index (χ1) is 12.1. The Kier molecular flexibility index (Phi) is 4.98. The van der Waals surface area contributed by atoms with Gasteiger partial charge in [0.15, 0.2) is 11.6 Å². The number of methoxy groups -OCH3 is 1. The molecule has 0 heterocycles. The highest BCUT2D eigenvalue weighted by molar-refractivity contribution is 5.85. The van der Waals surface area contributed by atoms with Gasteiger partial charge in [0.2, 0.25) is 5.91 Å². The zero-order valence-corrected chi connectivity index (χ0v) is 14.3. The van der Waals surface area contributed by atoms with Crippen molar-refractivity contribution >= 4 is 16.7 Å². The van der Waals surface area contributed by atoms with Crippen molar-refractivity contribution in [3.05, 3.63) is 77.6 Å². The average Bonchev–Trinajstić information content (AvgIpc) is 2.61. The molecule has 0 saturated heterocycles. The van der Waals surface area contributed by atoms with E-state index in [0.717, 1.165) is 21.9 Å². The fourth-order valence-electron chi connectivity index (χ4n) is 2.83. The molecule has 0 atom stereocenters. The van der Waals surface area contributed by atoms with Crippen molar-refractivity contribution in [3.63, 3.8) is 0 Å². The summed E-state index contributed by atoms with van der Waals surface area (Å²) in [7, 11) is 3.16. The maximum absolute atomic E-state index is 13.8. The quantitative estimate of drug-likeness (QED) is 0.699. The summed E-state index contributed by atoms with van der Waals surface area (Å²) in [6.07, 6.45) is 0.319. The predicted molar refractivity (Wildman–Crippen MR) is 97.1 cm³/mol. The molecule has 4 heteroatoms. The summed E-state index contributed by atoms with van der Waals surface area (Å²) in [5.74, 6) is -0.226. The first kappa shape index (κ1) is 17.0. The smallest absolute Gasteiger partial charge is 0.227 e. The molecule has 0 fully saturated rings. The monoisotopic (exact) mass is 337 g/mol. The van der Waals surface area contributed by atoms with Gasteiger partial charge >= 0.3 is 0 Å². The highest BCUT2D eigenvalue weighted by Gasteiger charge is 2.12. The first-order valence-electron chi connectivity index (χ1n) is 8.11. The van der Waals surface area contributed by atoms with Gasteiger partial charge in [-0.25, -0.2) is 4.39 Å². The lowest BCUT2D eigenvalue weighted by atomic mass is 10.0. The molecule has 0 bridgehead atoms. The van der Waals surface area contributed by atoms with E-state index in [1.54, 1.807) is 24.1 Å². The topological polar surface area (TPSA) is 29.5 Å². The fraction of sp³-hybridized carbons (Fsp3) is 0.190. The molecule has 0 aliphatic carbocycles. The van der Waals surface area contributed by atoms with Gasteiger partial charge in [-0.05, 0) is 34.0 Å². The summed E-state index contributed by atoms with van der Waals surface area (Å²) in [6, 6.07) is 18.8. The van der Waals surface area contributed by atoms with Gasteiger partial charge in [-0.2, -0.15) is 0 Å². The van der Waals surface area contributed by atoms with E-state index in [-0.39, 0.29) is 11.7 Å². The third-order valence-corrected chi connectivity index (χ3v) is 4.23. The van der Waals surface area contributed by atoms with Gasteiger partial charge in [0.1, 0.15) is 0 Å². The molecular formula is C21H20FNO2. The summed E-state index contributed by atoms with van der Waals surface area (Å²) < 4.78 is 18.7. The second-order valence-corrected chi connectivity index (χ2v) is 6.08.